The maximum absolute atomic E-state index is 13.0. The van der Waals surface area contributed by atoms with E-state index in [1.165, 1.54) is 0 Å². The first-order valence-corrected chi connectivity index (χ1v) is 12.3. The molecule has 0 fully saturated rings. The lowest BCUT2D eigenvalue weighted by Gasteiger charge is -2.20. The predicted molar refractivity (Wildman–Crippen MR) is 144 cm³/mol. The minimum absolute atomic E-state index is 0.0416. The number of amides is 1. The fourth-order valence-corrected chi connectivity index (χ4v) is 4.21. The Labute approximate surface area is 217 Å². The van der Waals surface area contributed by atoms with Crippen molar-refractivity contribution in [2.24, 2.45) is 0 Å². The molecule has 2 heterocycles. The summed E-state index contributed by atoms with van der Waals surface area (Å²) in [5.41, 5.74) is 3.54. The molecule has 2 aromatic carbocycles. The average Bonchev–Trinajstić information content (AvgIpc) is 3.35. The lowest BCUT2D eigenvalue weighted by atomic mass is 9.91. The molecule has 4 aromatic rings. The Hall–Kier alpha value is -4.04. The van der Waals surface area contributed by atoms with Crippen molar-refractivity contribution >= 4 is 11.6 Å². The first-order chi connectivity index (χ1) is 18.0. The number of methoxy groups -OCH3 is 2. The van der Waals surface area contributed by atoms with Crippen LogP contribution >= 0.6 is 0 Å². The zero-order valence-corrected chi connectivity index (χ0v) is 21.8. The zero-order chi connectivity index (χ0) is 26.2. The normalized spacial score (nSPS) is 11.9. The molecule has 1 amide bonds. The number of nitrogens with zero attached hydrogens (tertiary/aromatic N) is 3. The quantitative estimate of drug-likeness (QED) is 0.314. The van der Waals surface area contributed by atoms with Crippen molar-refractivity contribution in [1.29, 1.82) is 0 Å². The standard InChI is InChI=1S/C29H34N4O4/c1-32(2)14-12-30-28(34)18-25(22-15-23(35-3)17-24(16-22)36-4)26-19-31-29-27(11-8-13-33(26)29)37-20-21-9-6-5-7-10-21/h5-11,13,15-17,19,25H,12,14,18,20H2,1-4H3,(H,30,34). The maximum atomic E-state index is 13.0. The molecule has 8 nitrogen and oxygen atoms in total. The summed E-state index contributed by atoms with van der Waals surface area (Å²) in [5.74, 6) is 1.67. The molecule has 0 aliphatic carbocycles. The molecule has 8 heteroatoms. The van der Waals surface area contributed by atoms with Gasteiger partial charge in [0.15, 0.2) is 11.4 Å². The number of fused-ring (bicyclic) bond motifs is 1. The van der Waals surface area contributed by atoms with Crippen LogP contribution in [0.4, 0.5) is 0 Å². The monoisotopic (exact) mass is 502 g/mol. The Morgan fingerprint density at radius 2 is 1.76 bits per heavy atom. The number of benzene rings is 2. The van der Waals surface area contributed by atoms with Crippen LogP contribution in [0.2, 0.25) is 0 Å². The number of carbonyl (C=O) groups excluding carboxylic acids is 1. The van der Waals surface area contributed by atoms with E-state index in [0.717, 1.165) is 23.4 Å². The zero-order valence-electron chi connectivity index (χ0n) is 21.8. The van der Waals surface area contributed by atoms with Gasteiger partial charge in [-0.15, -0.1) is 0 Å². The molecule has 194 valence electrons. The van der Waals surface area contributed by atoms with Gasteiger partial charge in [0.1, 0.15) is 18.1 Å². The third-order valence-electron chi connectivity index (χ3n) is 6.17. The van der Waals surface area contributed by atoms with E-state index < -0.39 is 0 Å². The van der Waals surface area contributed by atoms with Crippen LogP contribution in [0.25, 0.3) is 5.65 Å². The van der Waals surface area contributed by atoms with E-state index >= 15 is 0 Å². The van der Waals surface area contributed by atoms with Gasteiger partial charge in [-0.05, 0) is 49.5 Å². The van der Waals surface area contributed by atoms with Gasteiger partial charge < -0.3 is 28.8 Å². The van der Waals surface area contributed by atoms with E-state index in [4.69, 9.17) is 19.2 Å². The molecule has 2 aromatic heterocycles. The summed E-state index contributed by atoms with van der Waals surface area (Å²) < 4.78 is 19.1. The largest absolute Gasteiger partial charge is 0.497 e. The van der Waals surface area contributed by atoms with Crippen LogP contribution in [0, 0.1) is 0 Å². The van der Waals surface area contributed by atoms with Crippen molar-refractivity contribution in [3.05, 3.63) is 89.9 Å². The number of nitrogens with one attached hydrogen (secondary N) is 1. The number of imidazole rings is 1. The lowest BCUT2D eigenvalue weighted by Crippen LogP contribution is -2.32. The molecule has 0 saturated carbocycles. The van der Waals surface area contributed by atoms with Crippen molar-refractivity contribution in [3.63, 3.8) is 0 Å². The first kappa shape index (κ1) is 26.0. The third kappa shape index (κ3) is 6.59. The van der Waals surface area contributed by atoms with Gasteiger partial charge >= 0.3 is 0 Å². The molecule has 0 saturated heterocycles. The minimum Gasteiger partial charge on any atom is -0.497 e. The van der Waals surface area contributed by atoms with Gasteiger partial charge in [0.2, 0.25) is 5.91 Å². The second kappa shape index (κ2) is 12.3. The molecule has 0 bridgehead atoms. The predicted octanol–water partition coefficient (Wildman–Crippen LogP) is 4.13. The van der Waals surface area contributed by atoms with Crippen molar-refractivity contribution in [1.82, 2.24) is 19.6 Å². The highest BCUT2D eigenvalue weighted by molar-refractivity contribution is 5.77. The molecule has 4 rings (SSSR count). The van der Waals surface area contributed by atoms with Gasteiger partial charge in [-0.2, -0.15) is 0 Å². The Bertz CT molecular complexity index is 1300. The molecule has 0 aliphatic heterocycles. The fraction of sp³-hybridized carbons (Fsp3) is 0.310. The number of pyridine rings is 1. The smallest absolute Gasteiger partial charge is 0.221 e. The maximum Gasteiger partial charge on any atom is 0.221 e. The van der Waals surface area contributed by atoms with Crippen LogP contribution in [0.3, 0.4) is 0 Å². The van der Waals surface area contributed by atoms with E-state index in [1.54, 1.807) is 14.2 Å². The number of rotatable bonds is 12. The summed E-state index contributed by atoms with van der Waals surface area (Å²) in [6.07, 6.45) is 4.00. The second-order valence-corrected chi connectivity index (χ2v) is 9.08. The summed E-state index contributed by atoms with van der Waals surface area (Å²) >= 11 is 0. The molecule has 1 N–H and O–H groups in total. The van der Waals surface area contributed by atoms with Crippen molar-refractivity contribution in [2.45, 2.75) is 18.9 Å². The summed E-state index contributed by atoms with van der Waals surface area (Å²) in [4.78, 5) is 19.8. The van der Waals surface area contributed by atoms with E-state index in [-0.39, 0.29) is 18.2 Å². The summed E-state index contributed by atoms with van der Waals surface area (Å²) in [5, 5.41) is 3.03. The van der Waals surface area contributed by atoms with Crippen LogP contribution in [0.1, 0.15) is 29.2 Å². The van der Waals surface area contributed by atoms with Crippen LogP contribution in [-0.4, -0.2) is 61.6 Å². The molecule has 1 atom stereocenters. The Morgan fingerprint density at radius 3 is 2.43 bits per heavy atom. The van der Waals surface area contributed by atoms with Gasteiger partial charge in [0, 0.05) is 43.9 Å². The number of carbonyl (C=O) groups is 1. The number of likely N-dealkylation sites (N-methyl/N-ethyl adjacent to an activating group) is 1. The minimum atomic E-state index is -0.289. The molecule has 1 unspecified atom stereocenters. The number of aromatic nitrogens is 2. The Balaban J connectivity index is 1.68. The van der Waals surface area contributed by atoms with Crippen LogP contribution in [0.15, 0.2) is 73.1 Å². The van der Waals surface area contributed by atoms with Crippen molar-refractivity contribution in [2.75, 3.05) is 41.4 Å². The molecular formula is C29H34N4O4. The second-order valence-electron chi connectivity index (χ2n) is 9.08. The van der Waals surface area contributed by atoms with E-state index in [1.807, 2.05) is 96.5 Å². The van der Waals surface area contributed by atoms with Crippen LogP contribution in [0.5, 0.6) is 17.2 Å². The van der Waals surface area contributed by atoms with E-state index in [2.05, 4.69) is 5.32 Å². The molecule has 0 radical (unpaired) electrons. The molecular weight excluding hydrogens is 468 g/mol. The van der Waals surface area contributed by atoms with Crippen molar-refractivity contribution < 1.29 is 19.0 Å². The highest BCUT2D eigenvalue weighted by Crippen LogP contribution is 2.35. The van der Waals surface area contributed by atoms with Crippen LogP contribution in [-0.2, 0) is 11.4 Å². The molecule has 37 heavy (non-hydrogen) atoms. The molecule has 0 aliphatic rings. The van der Waals surface area contributed by atoms with Crippen LogP contribution < -0.4 is 19.5 Å². The summed E-state index contributed by atoms with van der Waals surface area (Å²) in [6, 6.07) is 19.6. The van der Waals surface area contributed by atoms with Gasteiger partial charge in [0.05, 0.1) is 19.9 Å². The highest BCUT2D eigenvalue weighted by Gasteiger charge is 2.24. The number of hydrogen-bond acceptors (Lipinski definition) is 6. The third-order valence-corrected chi connectivity index (χ3v) is 6.17. The SMILES string of the molecule is COc1cc(OC)cc(C(CC(=O)NCCN(C)C)c2cnc3c(OCc4ccccc4)cccn23)c1. The van der Waals surface area contributed by atoms with Gasteiger partial charge in [0.25, 0.3) is 0 Å². The van der Waals surface area contributed by atoms with Gasteiger partial charge in [-0.3, -0.25) is 4.79 Å². The van der Waals surface area contributed by atoms with Gasteiger partial charge in [-0.1, -0.05) is 30.3 Å². The van der Waals surface area contributed by atoms with E-state index in [9.17, 15) is 4.79 Å². The van der Waals surface area contributed by atoms with E-state index in [0.29, 0.717) is 36.0 Å². The summed E-state index contributed by atoms with van der Waals surface area (Å²) in [7, 11) is 7.19. The van der Waals surface area contributed by atoms with Crippen molar-refractivity contribution in [3.8, 4) is 17.2 Å². The lowest BCUT2D eigenvalue weighted by molar-refractivity contribution is -0.121. The molecule has 0 spiro atoms. The first-order valence-electron chi connectivity index (χ1n) is 12.3. The average molecular weight is 503 g/mol. The Morgan fingerprint density at radius 1 is 1.03 bits per heavy atom. The van der Waals surface area contributed by atoms with Gasteiger partial charge in [-0.25, -0.2) is 4.98 Å². The highest BCUT2D eigenvalue weighted by atomic mass is 16.5. The summed E-state index contributed by atoms with van der Waals surface area (Å²) in [6.45, 7) is 1.78. The number of hydrogen-bond donors (Lipinski definition) is 1. The topological polar surface area (TPSA) is 77.3 Å². The number of ether oxygens (including phenoxy) is 3. The fourth-order valence-electron chi connectivity index (χ4n) is 4.21. The Kier molecular flexibility index (Phi) is 8.64.